The molecule has 7 aromatic rings. The molecule has 0 heteroatoms. The van der Waals surface area contributed by atoms with Crippen molar-refractivity contribution in [3.8, 4) is 44.5 Å². The minimum Gasteiger partial charge on any atom is -0.0622 e. The molecule has 0 saturated heterocycles. The smallest absolute Gasteiger partial charge is 0.0159 e. The van der Waals surface area contributed by atoms with Crippen LogP contribution in [-0.4, -0.2) is 0 Å². The van der Waals surface area contributed by atoms with Gasteiger partial charge in [-0.25, -0.2) is 0 Å². The molecular formula is C41H30. The summed E-state index contributed by atoms with van der Waals surface area (Å²) in [5.41, 5.74) is 13.0. The maximum absolute atomic E-state index is 2.46. The first-order valence-corrected chi connectivity index (χ1v) is 14.4. The lowest BCUT2D eigenvalue weighted by atomic mass is 9.81. The maximum atomic E-state index is 2.46. The molecule has 0 saturated carbocycles. The van der Waals surface area contributed by atoms with E-state index in [-0.39, 0.29) is 5.41 Å². The molecule has 0 N–H and O–H groups in total. The number of benzene rings is 7. The molecule has 0 amide bonds. The SMILES string of the molecule is CC1(C)c2ccccc2-c2cc3ccc4ccc(-c5ccc(-c6ccc(-c7ccccc7)cc6)cc5)cc4c3cc21. The molecule has 0 spiro atoms. The van der Waals surface area contributed by atoms with E-state index in [0.717, 1.165) is 0 Å². The van der Waals surface area contributed by atoms with Gasteiger partial charge in [-0.2, -0.15) is 0 Å². The Kier molecular flexibility index (Phi) is 5.27. The molecule has 0 nitrogen and oxygen atoms in total. The van der Waals surface area contributed by atoms with Crippen LogP contribution < -0.4 is 0 Å². The van der Waals surface area contributed by atoms with E-state index in [0.29, 0.717) is 0 Å². The van der Waals surface area contributed by atoms with Crippen molar-refractivity contribution < 1.29 is 0 Å². The zero-order chi connectivity index (χ0) is 27.6. The monoisotopic (exact) mass is 522 g/mol. The zero-order valence-corrected chi connectivity index (χ0v) is 23.4. The van der Waals surface area contributed by atoms with Crippen molar-refractivity contribution in [1.82, 2.24) is 0 Å². The summed E-state index contributed by atoms with van der Waals surface area (Å²) < 4.78 is 0. The molecule has 8 rings (SSSR count). The second-order valence-electron chi connectivity index (χ2n) is 11.8. The average molecular weight is 523 g/mol. The van der Waals surface area contributed by atoms with Crippen LogP contribution in [0.25, 0.3) is 66.1 Å². The minimum atomic E-state index is -0.00494. The molecule has 1 aliphatic rings. The van der Waals surface area contributed by atoms with Crippen LogP contribution in [-0.2, 0) is 5.41 Å². The fourth-order valence-corrected chi connectivity index (χ4v) is 6.77. The molecule has 0 fully saturated rings. The third-order valence-electron chi connectivity index (χ3n) is 9.08. The Hall–Kier alpha value is -4.94. The van der Waals surface area contributed by atoms with Gasteiger partial charge >= 0.3 is 0 Å². The molecule has 0 atom stereocenters. The molecule has 41 heavy (non-hydrogen) atoms. The maximum Gasteiger partial charge on any atom is 0.0159 e. The Labute approximate surface area is 241 Å². The zero-order valence-electron chi connectivity index (χ0n) is 23.4. The van der Waals surface area contributed by atoms with Crippen LogP contribution in [0, 0.1) is 0 Å². The molecule has 194 valence electrons. The molecule has 0 unspecified atom stereocenters. The molecule has 7 aromatic carbocycles. The van der Waals surface area contributed by atoms with Crippen LogP contribution in [0.5, 0.6) is 0 Å². The van der Waals surface area contributed by atoms with E-state index in [4.69, 9.17) is 0 Å². The lowest BCUT2D eigenvalue weighted by Gasteiger charge is -2.22. The summed E-state index contributed by atoms with van der Waals surface area (Å²) in [4.78, 5) is 0. The van der Waals surface area contributed by atoms with Crippen molar-refractivity contribution in [2.45, 2.75) is 19.3 Å². The second kappa shape index (κ2) is 9.04. The molecule has 1 aliphatic carbocycles. The van der Waals surface area contributed by atoms with Crippen molar-refractivity contribution in [1.29, 1.82) is 0 Å². The first-order chi connectivity index (χ1) is 20.1. The summed E-state index contributed by atoms with van der Waals surface area (Å²) in [5, 5.41) is 5.23. The van der Waals surface area contributed by atoms with E-state index in [1.54, 1.807) is 0 Å². The summed E-state index contributed by atoms with van der Waals surface area (Å²) in [6.07, 6.45) is 0. The Morgan fingerprint density at radius 2 is 0.829 bits per heavy atom. The fourth-order valence-electron chi connectivity index (χ4n) is 6.77. The van der Waals surface area contributed by atoms with Gasteiger partial charge in [-0.1, -0.05) is 141 Å². The second-order valence-corrected chi connectivity index (χ2v) is 11.8. The van der Waals surface area contributed by atoms with Crippen LogP contribution in [0.15, 0.2) is 146 Å². The van der Waals surface area contributed by atoms with Gasteiger partial charge in [0.05, 0.1) is 0 Å². The summed E-state index contributed by atoms with van der Waals surface area (Å²) in [7, 11) is 0. The third kappa shape index (κ3) is 3.83. The van der Waals surface area contributed by atoms with Crippen LogP contribution in [0.2, 0.25) is 0 Å². The van der Waals surface area contributed by atoms with Crippen molar-refractivity contribution in [2.75, 3.05) is 0 Å². The highest BCUT2D eigenvalue weighted by molar-refractivity contribution is 6.10. The lowest BCUT2D eigenvalue weighted by Crippen LogP contribution is -2.14. The third-order valence-corrected chi connectivity index (χ3v) is 9.08. The minimum absolute atomic E-state index is 0.00494. The molecule has 0 aromatic heterocycles. The molecule has 0 aliphatic heterocycles. The van der Waals surface area contributed by atoms with Gasteiger partial charge in [0.25, 0.3) is 0 Å². The van der Waals surface area contributed by atoms with E-state index < -0.39 is 0 Å². The van der Waals surface area contributed by atoms with Crippen LogP contribution >= 0.6 is 0 Å². The molecule has 0 radical (unpaired) electrons. The lowest BCUT2D eigenvalue weighted by molar-refractivity contribution is 0.661. The molecular weight excluding hydrogens is 492 g/mol. The van der Waals surface area contributed by atoms with Crippen LogP contribution in [0.4, 0.5) is 0 Å². The first-order valence-electron chi connectivity index (χ1n) is 14.4. The number of hydrogen-bond acceptors (Lipinski definition) is 0. The Morgan fingerprint density at radius 1 is 0.341 bits per heavy atom. The van der Waals surface area contributed by atoms with Gasteiger partial charge in [0.1, 0.15) is 0 Å². The van der Waals surface area contributed by atoms with Gasteiger partial charge in [-0.15, -0.1) is 0 Å². The van der Waals surface area contributed by atoms with Crippen molar-refractivity contribution >= 4 is 21.5 Å². The van der Waals surface area contributed by atoms with Gasteiger partial charge in [-0.3, -0.25) is 0 Å². The Balaban J connectivity index is 1.17. The average Bonchev–Trinajstić information content (AvgIpc) is 3.26. The molecule has 0 bridgehead atoms. The van der Waals surface area contributed by atoms with Crippen molar-refractivity contribution in [3.05, 3.63) is 157 Å². The van der Waals surface area contributed by atoms with E-state index in [1.807, 2.05) is 0 Å². The van der Waals surface area contributed by atoms with Gasteiger partial charge in [-0.05, 0) is 95.4 Å². The van der Waals surface area contributed by atoms with Gasteiger partial charge < -0.3 is 0 Å². The van der Waals surface area contributed by atoms with Gasteiger partial charge in [0, 0.05) is 5.41 Å². The van der Waals surface area contributed by atoms with Gasteiger partial charge in [0.2, 0.25) is 0 Å². The molecule has 0 heterocycles. The van der Waals surface area contributed by atoms with E-state index in [2.05, 4.69) is 159 Å². The predicted molar refractivity (Wildman–Crippen MR) is 175 cm³/mol. The Bertz CT molecular complexity index is 2080. The van der Waals surface area contributed by atoms with Crippen molar-refractivity contribution in [3.63, 3.8) is 0 Å². The number of hydrogen-bond donors (Lipinski definition) is 0. The van der Waals surface area contributed by atoms with Crippen LogP contribution in [0.3, 0.4) is 0 Å². The normalized spacial score (nSPS) is 13.3. The predicted octanol–water partition coefficient (Wildman–Crippen LogP) is 11.3. The summed E-state index contributed by atoms with van der Waals surface area (Å²) in [6, 6.07) is 53.6. The van der Waals surface area contributed by atoms with Crippen LogP contribution in [0.1, 0.15) is 25.0 Å². The summed E-state index contributed by atoms with van der Waals surface area (Å²) in [5.74, 6) is 0. The van der Waals surface area contributed by atoms with E-state index in [9.17, 15) is 0 Å². The topological polar surface area (TPSA) is 0 Å². The highest BCUT2D eigenvalue weighted by Crippen LogP contribution is 2.50. The summed E-state index contributed by atoms with van der Waals surface area (Å²) in [6.45, 7) is 4.72. The van der Waals surface area contributed by atoms with Crippen molar-refractivity contribution in [2.24, 2.45) is 0 Å². The highest BCUT2D eigenvalue weighted by Gasteiger charge is 2.35. The fraction of sp³-hybridized carbons (Fsp3) is 0.0732. The Morgan fingerprint density at radius 3 is 1.51 bits per heavy atom. The van der Waals surface area contributed by atoms with E-state index in [1.165, 1.54) is 77.2 Å². The highest BCUT2D eigenvalue weighted by atomic mass is 14.4. The standard InChI is InChI=1S/C41H30/c1-41(2)39-11-7-6-10-35(39)38-25-34-23-21-32-20-22-33(24-36(32)37(34)26-40(38)41)31-18-16-30(17-19-31)29-14-12-28(13-15-29)27-8-4-3-5-9-27/h3-26H,1-2H3. The number of fused-ring (bicyclic) bond motifs is 6. The first kappa shape index (κ1) is 23.9. The van der Waals surface area contributed by atoms with E-state index >= 15 is 0 Å². The summed E-state index contributed by atoms with van der Waals surface area (Å²) >= 11 is 0. The largest absolute Gasteiger partial charge is 0.0622 e. The quantitative estimate of drug-likeness (QED) is 0.202. The number of rotatable bonds is 3. The van der Waals surface area contributed by atoms with Gasteiger partial charge in [0.15, 0.2) is 0 Å².